The van der Waals surface area contributed by atoms with Crippen LogP contribution in [0.1, 0.15) is 40.0 Å². The summed E-state index contributed by atoms with van der Waals surface area (Å²) >= 11 is 0. The average Bonchev–Trinajstić information content (AvgIpc) is 2.17. The van der Waals surface area contributed by atoms with Gasteiger partial charge in [0.1, 0.15) is 0 Å². The van der Waals surface area contributed by atoms with Gasteiger partial charge in [-0.15, -0.1) is 0 Å². The molecule has 2 unspecified atom stereocenters. The predicted octanol–water partition coefficient (Wildman–Crippen LogP) is 1.29. The summed E-state index contributed by atoms with van der Waals surface area (Å²) in [5, 5.41) is 6.23. The number of carbonyl (C=O) groups excluding carboxylic acids is 1. The third-order valence-electron chi connectivity index (χ3n) is 2.84. The van der Waals surface area contributed by atoms with Crippen LogP contribution in [0.5, 0.6) is 0 Å². The van der Waals surface area contributed by atoms with Crippen LogP contribution in [0.15, 0.2) is 0 Å². The summed E-state index contributed by atoms with van der Waals surface area (Å²) in [6.45, 7) is 7.18. The molecule has 1 heterocycles. The van der Waals surface area contributed by atoms with E-state index in [9.17, 15) is 4.79 Å². The second-order valence-corrected chi connectivity index (χ2v) is 4.47. The van der Waals surface area contributed by atoms with Crippen molar-refractivity contribution < 1.29 is 4.79 Å². The highest BCUT2D eigenvalue weighted by Gasteiger charge is 2.25. The summed E-state index contributed by atoms with van der Waals surface area (Å²) in [4.78, 5) is 11.7. The molecule has 0 radical (unpaired) electrons. The van der Waals surface area contributed by atoms with Gasteiger partial charge in [0.2, 0.25) is 5.91 Å². The Bertz CT molecular complexity index is 192. The molecule has 1 aliphatic rings. The molecule has 1 amide bonds. The largest absolute Gasteiger partial charge is 0.353 e. The lowest BCUT2D eigenvalue weighted by atomic mass is 9.90. The summed E-state index contributed by atoms with van der Waals surface area (Å²) < 4.78 is 0. The normalized spacial score (nSPS) is 27.7. The van der Waals surface area contributed by atoms with E-state index in [1.807, 2.05) is 13.8 Å². The first-order chi connectivity index (χ1) is 6.63. The van der Waals surface area contributed by atoms with E-state index in [0.29, 0.717) is 0 Å². The fraction of sp³-hybridized carbons (Fsp3) is 0.909. The van der Waals surface area contributed by atoms with E-state index in [-0.39, 0.29) is 18.0 Å². The van der Waals surface area contributed by atoms with Crippen molar-refractivity contribution >= 4 is 5.91 Å². The first-order valence-corrected chi connectivity index (χ1v) is 5.67. The first-order valence-electron chi connectivity index (χ1n) is 5.67. The molecule has 0 aliphatic carbocycles. The zero-order chi connectivity index (χ0) is 10.6. The standard InChI is InChI=1S/C11H22N2O/c1-4-9-5-6-12-10(7-9)11(14)13-8(2)3/h8-10,12H,4-7H2,1-3H3,(H,13,14). The highest BCUT2D eigenvalue weighted by Crippen LogP contribution is 2.19. The van der Waals surface area contributed by atoms with Gasteiger partial charge in [0.15, 0.2) is 0 Å². The molecule has 3 heteroatoms. The molecule has 0 aromatic rings. The Morgan fingerprint density at radius 3 is 2.86 bits per heavy atom. The Morgan fingerprint density at radius 1 is 1.57 bits per heavy atom. The van der Waals surface area contributed by atoms with E-state index >= 15 is 0 Å². The SMILES string of the molecule is CCC1CCNC(C(=O)NC(C)C)C1. The number of piperidine rings is 1. The highest BCUT2D eigenvalue weighted by molar-refractivity contribution is 5.82. The van der Waals surface area contributed by atoms with Crippen molar-refractivity contribution in [1.29, 1.82) is 0 Å². The Labute approximate surface area is 86.6 Å². The molecule has 0 bridgehead atoms. The van der Waals surface area contributed by atoms with E-state index in [4.69, 9.17) is 0 Å². The maximum atomic E-state index is 11.7. The molecule has 1 fully saturated rings. The van der Waals surface area contributed by atoms with Crippen molar-refractivity contribution in [1.82, 2.24) is 10.6 Å². The summed E-state index contributed by atoms with van der Waals surface area (Å²) in [7, 11) is 0. The van der Waals surface area contributed by atoms with Crippen LogP contribution in [-0.2, 0) is 4.79 Å². The number of carbonyl (C=O) groups is 1. The summed E-state index contributed by atoms with van der Waals surface area (Å²) in [6, 6.07) is 0.280. The molecule has 0 saturated carbocycles. The second-order valence-electron chi connectivity index (χ2n) is 4.47. The lowest BCUT2D eigenvalue weighted by Crippen LogP contribution is -2.50. The van der Waals surface area contributed by atoms with Crippen LogP contribution in [0.25, 0.3) is 0 Å². The van der Waals surface area contributed by atoms with Gasteiger partial charge in [0, 0.05) is 6.04 Å². The fourth-order valence-electron chi connectivity index (χ4n) is 1.95. The lowest BCUT2D eigenvalue weighted by molar-refractivity contribution is -0.124. The molecule has 14 heavy (non-hydrogen) atoms. The average molecular weight is 198 g/mol. The summed E-state index contributed by atoms with van der Waals surface area (Å²) in [5.41, 5.74) is 0. The molecule has 1 saturated heterocycles. The minimum absolute atomic E-state index is 0.0381. The van der Waals surface area contributed by atoms with Gasteiger partial charge in [0.25, 0.3) is 0 Å². The van der Waals surface area contributed by atoms with E-state index in [2.05, 4.69) is 17.6 Å². The van der Waals surface area contributed by atoms with Crippen LogP contribution in [0, 0.1) is 5.92 Å². The Hall–Kier alpha value is -0.570. The molecule has 3 nitrogen and oxygen atoms in total. The summed E-state index contributed by atoms with van der Waals surface area (Å²) in [6.07, 6.45) is 3.39. The Balaban J connectivity index is 2.39. The van der Waals surface area contributed by atoms with Crippen LogP contribution in [0.2, 0.25) is 0 Å². The molecule has 2 atom stereocenters. The van der Waals surface area contributed by atoms with Gasteiger partial charge in [-0.1, -0.05) is 13.3 Å². The van der Waals surface area contributed by atoms with E-state index in [0.717, 1.165) is 18.9 Å². The van der Waals surface area contributed by atoms with Crippen molar-refractivity contribution in [2.75, 3.05) is 6.54 Å². The van der Waals surface area contributed by atoms with E-state index in [1.54, 1.807) is 0 Å². The zero-order valence-corrected chi connectivity index (χ0v) is 9.47. The smallest absolute Gasteiger partial charge is 0.237 e. The topological polar surface area (TPSA) is 41.1 Å². The lowest BCUT2D eigenvalue weighted by Gasteiger charge is -2.29. The van der Waals surface area contributed by atoms with Crippen molar-refractivity contribution in [3.63, 3.8) is 0 Å². The van der Waals surface area contributed by atoms with Crippen molar-refractivity contribution in [3.05, 3.63) is 0 Å². The van der Waals surface area contributed by atoms with E-state index in [1.165, 1.54) is 12.8 Å². The highest BCUT2D eigenvalue weighted by atomic mass is 16.2. The molecule has 0 spiro atoms. The maximum Gasteiger partial charge on any atom is 0.237 e. The molecule has 0 aromatic heterocycles. The number of nitrogens with one attached hydrogen (secondary N) is 2. The molecule has 0 aromatic carbocycles. The Morgan fingerprint density at radius 2 is 2.29 bits per heavy atom. The molecular formula is C11H22N2O. The Kier molecular flexibility index (Phi) is 4.39. The van der Waals surface area contributed by atoms with Crippen LogP contribution in [-0.4, -0.2) is 24.5 Å². The maximum absolute atomic E-state index is 11.7. The van der Waals surface area contributed by atoms with Gasteiger partial charge in [-0.3, -0.25) is 4.79 Å². The third-order valence-corrected chi connectivity index (χ3v) is 2.84. The zero-order valence-electron chi connectivity index (χ0n) is 9.47. The molecule has 1 aliphatic heterocycles. The van der Waals surface area contributed by atoms with Crippen LogP contribution >= 0.6 is 0 Å². The van der Waals surface area contributed by atoms with Crippen LogP contribution in [0.3, 0.4) is 0 Å². The van der Waals surface area contributed by atoms with Crippen LogP contribution < -0.4 is 10.6 Å². The number of rotatable bonds is 3. The van der Waals surface area contributed by atoms with E-state index < -0.39 is 0 Å². The predicted molar refractivity (Wildman–Crippen MR) is 58.1 cm³/mol. The first kappa shape index (κ1) is 11.5. The van der Waals surface area contributed by atoms with Gasteiger partial charge in [0.05, 0.1) is 6.04 Å². The van der Waals surface area contributed by atoms with Gasteiger partial charge < -0.3 is 10.6 Å². The molecular weight excluding hydrogens is 176 g/mol. The molecule has 1 rings (SSSR count). The number of hydrogen-bond donors (Lipinski definition) is 2. The van der Waals surface area contributed by atoms with Crippen molar-refractivity contribution in [3.8, 4) is 0 Å². The van der Waals surface area contributed by atoms with Gasteiger partial charge in [-0.2, -0.15) is 0 Å². The number of amides is 1. The fourth-order valence-corrected chi connectivity index (χ4v) is 1.95. The minimum Gasteiger partial charge on any atom is -0.353 e. The monoisotopic (exact) mass is 198 g/mol. The number of hydrogen-bond acceptors (Lipinski definition) is 2. The summed E-state index contributed by atoms with van der Waals surface area (Å²) in [5.74, 6) is 0.886. The van der Waals surface area contributed by atoms with Gasteiger partial charge in [-0.05, 0) is 39.2 Å². The van der Waals surface area contributed by atoms with Gasteiger partial charge in [-0.25, -0.2) is 0 Å². The molecule has 82 valence electrons. The minimum atomic E-state index is 0.0381. The third kappa shape index (κ3) is 3.29. The van der Waals surface area contributed by atoms with Crippen molar-refractivity contribution in [2.24, 2.45) is 5.92 Å². The van der Waals surface area contributed by atoms with Crippen LogP contribution in [0.4, 0.5) is 0 Å². The van der Waals surface area contributed by atoms with Crippen molar-refractivity contribution in [2.45, 2.75) is 52.1 Å². The second kappa shape index (κ2) is 5.35. The quantitative estimate of drug-likeness (QED) is 0.717. The molecule has 2 N–H and O–H groups in total. The van der Waals surface area contributed by atoms with Gasteiger partial charge >= 0.3 is 0 Å².